The van der Waals surface area contributed by atoms with E-state index in [4.69, 9.17) is 15.0 Å². The van der Waals surface area contributed by atoms with Crippen molar-refractivity contribution in [2.24, 2.45) is 0 Å². The zero-order valence-corrected chi connectivity index (χ0v) is 67.8. The number of aliphatic hydroxyl groups excluding tert-OH is 2. The Kier molecular flexibility index (Phi) is 25.3. The van der Waals surface area contributed by atoms with Crippen LogP contribution in [0.15, 0.2) is 164 Å². The lowest BCUT2D eigenvalue weighted by Crippen LogP contribution is -2.54. The van der Waals surface area contributed by atoms with Crippen molar-refractivity contribution >= 4 is 52.2 Å². The number of carbonyl (C=O) groups excluding carboxylic acids is 3. The second kappa shape index (κ2) is 33.7. The Hall–Kier alpha value is -9.70. The topological polar surface area (TPSA) is 199 Å². The molecule has 0 aliphatic carbocycles. The number of benzene rings is 6. The molecule has 6 aromatic carbocycles. The van der Waals surface area contributed by atoms with Crippen molar-refractivity contribution in [2.75, 3.05) is 150 Å². The van der Waals surface area contributed by atoms with Gasteiger partial charge in [-0.05, 0) is 165 Å². The molecule has 0 unspecified atom stereocenters. The van der Waals surface area contributed by atoms with Gasteiger partial charge in [-0.3, -0.25) is 14.4 Å². The van der Waals surface area contributed by atoms with Gasteiger partial charge in [-0.25, -0.2) is 15.0 Å². The minimum Gasteiger partial charge on any atom is -0.633 e. The van der Waals surface area contributed by atoms with Crippen LogP contribution in [-0.4, -0.2) is 178 Å². The highest BCUT2D eigenvalue weighted by Crippen LogP contribution is 2.42. The lowest BCUT2D eigenvalue weighted by atomic mass is 9.81. The molecule has 6 heterocycles. The number of hydrogen-bond donors (Lipinski definition) is 2. The minimum atomic E-state index is -0.763. The minimum absolute atomic E-state index is 0.00859. The van der Waals surface area contributed by atoms with Gasteiger partial charge < -0.3 is 64.2 Å². The molecule has 0 radical (unpaired) electrons. The number of hydrogen-bond acceptors (Lipinski definition) is 14. The zero-order valence-electron chi connectivity index (χ0n) is 67.8. The number of pyridine rings is 3. The largest absolute Gasteiger partial charge is 0.633 e. The van der Waals surface area contributed by atoms with E-state index in [0.29, 0.717) is 58.0 Å². The summed E-state index contributed by atoms with van der Waals surface area (Å²) >= 11 is 0. The Morgan fingerprint density at radius 1 is 0.394 bits per heavy atom. The van der Waals surface area contributed by atoms with Crippen molar-refractivity contribution in [1.29, 1.82) is 0 Å². The van der Waals surface area contributed by atoms with E-state index in [-0.39, 0.29) is 40.2 Å². The van der Waals surface area contributed by atoms with Crippen LogP contribution < -0.4 is 29.4 Å². The number of amides is 3. The third-order valence-electron chi connectivity index (χ3n) is 22.3. The highest BCUT2D eigenvalue weighted by molar-refractivity contribution is 6.06. The van der Waals surface area contributed by atoms with Crippen molar-refractivity contribution in [3.05, 3.63) is 241 Å². The number of aromatic nitrogens is 3. The van der Waals surface area contributed by atoms with Crippen LogP contribution in [0.1, 0.15) is 108 Å². The molecule has 3 aromatic heterocycles. The van der Waals surface area contributed by atoms with Crippen LogP contribution in [0.2, 0.25) is 0 Å². The second-order valence-corrected chi connectivity index (χ2v) is 32.5. The van der Waals surface area contributed by atoms with E-state index in [9.17, 15) is 35.0 Å². The molecular formula is C90H114N12O7. The molecule has 109 heavy (non-hydrogen) atoms. The summed E-state index contributed by atoms with van der Waals surface area (Å²) in [5.41, 5.74) is 18.0. The number of hydroxylamine groups is 6. The first-order valence-corrected chi connectivity index (χ1v) is 38.0. The van der Waals surface area contributed by atoms with Gasteiger partial charge in [0.2, 0.25) is 17.7 Å². The van der Waals surface area contributed by atoms with E-state index < -0.39 is 16.2 Å². The lowest BCUT2D eigenvalue weighted by molar-refractivity contribution is -0.861. The first kappa shape index (κ1) is 81.8. The molecule has 3 aliphatic rings. The molecule has 3 aliphatic heterocycles. The number of quaternary nitrogens is 2. The SMILES string of the molecule is Cc1cc(C)cc(C(C)(C)C(=O)N(C)c2cnc(N3CCN(C)CC3)cc2-c2ccccc2CO)c1.Cc1cc(C)cc(C(C)(C)C(=O)N(C)c2cnc(N3CC[N+](C)([O-])CC3)cc2-c2ccccc2C)c1.Cc1cc(C)cc(C(C)(C)C(=O)N(C)c2cnc(N3CC[N+](C)([O-])CC3)cc2-c2ccccc2CO)c1. The maximum Gasteiger partial charge on any atom is 0.236 e. The number of nitrogens with zero attached hydrogens (tertiary/aromatic N) is 12. The average Bonchev–Trinajstić information content (AvgIpc) is 0.779. The van der Waals surface area contributed by atoms with Crippen LogP contribution in [0, 0.1) is 58.9 Å². The summed E-state index contributed by atoms with van der Waals surface area (Å²) in [4.78, 5) is 70.3. The molecule has 3 fully saturated rings. The molecule has 3 saturated heterocycles. The number of likely N-dealkylation sites (N-methyl/N-ethyl adjacent to an activating group) is 6. The Morgan fingerprint density at radius 2 is 0.661 bits per heavy atom. The Labute approximate surface area is 647 Å². The van der Waals surface area contributed by atoms with Crippen LogP contribution in [0.3, 0.4) is 0 Å². The molecule has 19 nitrogen and oxygen atoms in total. The third kappa shape index (κ3) is 18.8. The second-order valence-electron chi connectivity index (χ2n) is 32.5. The zero-order chi connectivity index (χ0) is 79.2. The van der Waals surface area contributed by atoms with Gasteiger partial charge in [-0.15, -0.1) is 0 Å². The normalized spacial score (nSPS) is 15.3. The number of rotatable bonds is 17. The van der Waals surface area contributed by atoms with Crippen LogP contribution in [0.25, 0.3) is 33.4 Å². The van der Waals surface area contributed by atoms with E-state index in [1.165, 1.54) is 0 Å². The maximum atomic E-state index is 14.0. The van der Waals surface area contributed by atoms with Crippen molar-refractivity contribution in [3.63, 3.8) is 0 Å². The third-order valence-corrected chi connectivity index (χ3v) is 22.3. The number of carbonyl (C=O) groups is 3. The van der Waals surface area contributed by atoms with Crippen LogP contribution in [-0.2, 0) is 43.8 Å². The van der Waals surface area contributed by atoms with Gasteiger partial charge in [-0.2, -0.15) is 0 Å². The van der Waals surface area contributed by atoms with Gasteiger partial charge in [0, 0.05) is 64.0 Å². The summed E-state index contributed by atoms with van der Waals surface area (Å²) in [7, 11) is 11.0. The van der Waals surface area contributed by atoms with E-state index in [2.05, 4.69) is 140 Å². The first-order valence-electron chi connectivity index (χ1n) is 38.0. The Morgan fingerprint density at radius 3 is 0.954 bits per heavy atom. The van der Waals surface area contributed by atoms with Crippen LogP contribution in [0.4, 0.5) is 34.5 Å². The lowest BCUT2D eigenvalue weighted by Gasteiger charge is -2.45. The molecule has 0 saturated carbocycles. The van der Waals surface area contributed by atoms with Crippen LogP contribution >= 0.6 is 0 Å². The smallest absolute Gasteiger partial charge is 0.236 e. The maximum absolute atomic E-state index is 14.0. The number of aliphatic hydroxyl groups is 2. The molecule has 0 spiro atoms. The summed E-state index contributed by atoms with van der Waals surface area (Å²) < 4.78 is -0.469. The molecule has 0 atom stereocenters. The molecule has 12 rings (SSSR count). The fraction of sp³-hybridized carbons (Fsp3) is 0.400. The van der Waals surface area contributed by atoms with Gasteiger partial charge in [0.1, 0.15) is 17.5 Å². The van der Waals surface area contributed by atoms with Gasteiger partial charge in [0.15, 0.2) is 0 Å². The number of anilines is 6. The molecule has 19 heteroatoms. The fourth-order valence-corrected chi connectivity index (χ4v) is 15.2. The van der Waals surface area contributed by atoms with Crippen molar-refractivity contribution in [1.82, 2.24) is 19.9 Å². The molecule has 576 valence electrons. The average molecular weight is 1480 g/mol. The summed E-state index contributed by atoms with van der Waals surface area (Å²) in [6, 6.07) is 48.7. The van der Waals surface area contributed by atoms with Crippen molar-refractivity contribution < 1.29 is 33.9 Å². The van der Waals surface area contributed by atoms with Gasteiger partial charge in [0.05, 0.1) is 132 Å². The quantitative estimate of drug-likeness (QED) is 0.0644. The van der Waals surface area contributed by atoms with Gasteiger partial charge in [-0.1, -0.05) is 161 Å². The molecule has 3 amide bonds. The fourth-order valence-electron chi connectivity index (χ4n) is 15.2. The number of piperazine rings is 3. The Balaban J connectivity index is 0.000000174. The number of aryl methyl sites for hydroxylation is 7. The van der Waals surface area contributed by atoms with Crippen molar-refractivity contribution in [2.45, 2.75) is 119 Å². The standard InChI is InChI=1S/C30H38N4O3.2C30H38N4O2/c1-21-15-22(2)17-24(16-21)30(3,4)29(36)32(5)27-19-31-28(33-11-13-34(6,37)14-12-33)18-26(27)25-10-8-7-9-23(25)20-35;1-21-16-22(2)18-24(17-21)30(4,5)29(35)32(6)27-20-31-28(33-12-14-34(7,36)15-13-33)19-26(27)25-11-9-8-10-23(25)3;1-21-15-22(2)17-24(16-21)30(3,4)29(36)33(6)27-19-31-28(34-13-11-32(5)12-14-34)18-26(27)25-10-8-7-9-23(25)20-35/h7-10,15-19,35H,11-14,20H2,1-6H3;8-11,16-20H,12-15H2,1-7H3;7-10,15-19,35H,11-14,20H2,1-6H3. The van der Waals surface area contributed by atoms with Crippen LogP contribution in [0.5, 0.6) is 0 Å². The van der Waals surface area contributed by atoms with E-state index in [0.717, 1.165) is 155 Å². The van der Waals surface area contributed by atoms with E-state index >= 15 is 0 Å². The predicted octanol–water partition coefficient (Wildman–Crippen LogP) is 14.5. The van der Waals surface area contributed by atoms with E-state index in [1.807, 2.05) is 149 Å². The monoisotopic (exact) mass is 1470 g/mol. The summed E-state index contributed by atoms with van der Waals surface area (Å²) in [6.45, 7) is 34.4. The molecule has 9 aromatic rings. The summed E-state index contributed by atoms with van der Waals surface area (Å²) in [5, 5.41) is 44.9. The molecule has 2 N–H and O–H groups in total. The highest BCUT2D eigenvalue weighted by atomic mass is 16.5. The van der Waals surface area contributed by atoms with Crippen molar-refractivity contribution in [3.8, 4) is 33.4 Å². The predicted molar refractivity (Wildman–Crippen MR) is 445 cm³/mol. The van der Waals surface area contributed by atoms with E-state index in [1.54, 1.807) is 42.0 Å². The van der Waals surface area contributed by atoms with Gasteiger partial charge in [0.25, 0.3) is 0 Å². The summed E-state index contributed by atoms with van der Waals surface area (Å²) in [6.07, 6.45) is 5.37. The molecule has 0 bridgehead atoms. The van der Waals surface area contributed by atoms with Gasteiger partial charge >= 0.3 is 0 Å². The first-order chi connectivity index (χ1) is 51.4. The highest BCUT2D eigenvalue weighted by Gasteiger charge is 2.39. The Bertz CT molecular complexity index is 4690. The molecular weight excluding hydrogens is 1360 g/mol. The summed E-state index contributed by atoms with van der Waals surface area (Å²) in [5.74, 6) is 2.45.